The maximum Gasteiger partial charge on any atom is 0.257 e. The molecule has 1 saturated carbocycles. The molecular weight excluding hydrogens is 444 g/mol. The molecule has 0 aliphatic heterocycles. The fourth-order valence-electron chi connectivity index (χ4n) is 3.81. The molecule has 33 heavy (non-hydrogen) atoms. The van der Waals surface area contributed by atoms with Crippen molar-refractivity contribution in [2.75, 3.05) is 27.4 Å². The number of amides is 1. The molecule has 3 rings (SSSR count). The highest BCUT2D eigenvalue weighted by Crippen LogP contribution is 2.27. The molecule has 180 valence electrons. The Morgan fingerprint density at radius 1 is 0.970 bits per heavy atom. The van der Waals surface area contributed by atoms with Crippen LogP contribution >= 0.6 is 0 Å². The second-order valence-electron chi connectivity index (χ2n) is 8.01. The summed E-state index contributed by atoms with van der Waals surface area (Å²) in [7, 11) is -0.396. The summed E-state index contributed by atoms with van der Waals surface area (Å²) in [6, 6.07) is 11.7. The second kappa shape index (κ2) is 11.9. The van der Waals surface area contributed by atoms with E-state index < -0.39 is 10.0 Å². The minimum Gasteiger partial charge on any atom is -0.493 e. The lowest BCUT2D eigenvalue weighted by Crippen LogP contribution is -2.36. The van der Waals surface area contributed by atoms with Crippen molar-refractivity contribution in [3.8, 4) is 17.2 Å². The first kappa shape index (κ1) is 24.9. The van der Waals surface area contributed by atoms with Crippen LogP contribution in [0.5, 0.6) is 17.2 Å². The predicted molar refractivity (Wildman–Crippen MR) is 125 cm³/mol. The third-order valence-corrected chi connectivity index (χ3v) is 7.15. The summed E-state index contributed by atoms with van der Waals surface area (Å²) in [5.41, 5.74) is 1.01. The Morgan fingerprint density at radius 3 is 2.33 bits per heavy atom. The van der Waals surface area contributed by atoms with E-state index in [0.29, 0.717) is 30.2 Å². The summed E-state index contributed by atoms with van der Waals surface area (Å²) in [4.78, 5) is 12.3. The zero-order chi connectivity index (χ0) is 23.7. The Hall–Kier alpha value is -2.78. The van der Waals surface area contributed by atoms with Crippen molar-refractivity contribution < 1.29 is 27.4 Å². The standard InChI is InChI=1S/C24H32N2O6S/c1-30-22-13-8-18(16-23(22)31-2)14-15-25-24(27)17-32-20-9-11-21(12-10-20)33(28,29)26-19-6-4-3-5-7-19/h8-13,16,19,26H,3-7,14-15,17H2,1-2H3,(H,25,27). The molecule has 0 heterocycles. The van der Waals surface area contributed by atoms with Gasteiger partial charge in [0.25, 0.3) is 5.91 Å². The monoisotopic (exact) mass is 476 g/mol. The van der Waals surface area contributed by atoms with E-state index in [2.05, 4.69) is 10.0 Å². The van der Waals surface area contributed by atoms with Gasteiger partial charge in [-0.2, -0.15) is 0 Å². The number of hydrogen-bond acceptors (Lipinski definition) is 6. The summed E-state index contributed by atoms with van der Waals surface area (Å²) < 4.78 is 43.9. The van der Waals surface area contributed by atoms with Gasteiger partial charge in [-0.15, -0.1) is 0 Å². The third-order valence-electron chi connectivity index (χ3n) is 5.61. The molecule has 2 aromatic carbocycles. The van der Waals surface area contributed by atoms with Crippen LogP contribution in [0.25, 0.3) is 0 Å². The largest absolute Gasteiger partial charge is 0.493 e. The van der Waals surface area contributed by atoms with E-state index in [1.807, 2.05) is 18.2 Å². The molecule has 2 N–H and O–H groups in total. The molecule has 0 saturated heterocycles. The zero-order valence-corrected chi connectivity index (χ0v) is 19.9. The van der Waals surface area contributed by atoms with Gasteiger partial charge in [0.05, 0.1) is 19.1 Å². The molecule has 9 heteroatoms. The van der Waals surface area contributed by atoms with Gasteiger partial charge in [0.15, 0.2) is 18.1 Å². The highest BCUT2D eigenvalue weighted by atomic mass is 32.2. The quantitative estimate of drug-likeness (QED) is 0.517. The highest BCUT2D eigenvalue weighted by Gasteiger charge is 2.21. The van der Waals surface area contributed by atoms with Crippen molar-refractivity contribution in [2.45, 2.75) is 49.5 Å². The van der Waals surface area contributed by atoms with Crippen LogP contribution in [0, 0.1) is 0 Å². The van der Waals surface area contributed by atoms with Crippen LogP contribution in [0.3, 0.4) is 0 Å². The van der Waals surface area contributed by atoms with E-state index in [-0.39, 0.29) is 23.5 Å². The second-order valence-corrected chi connectivity index (χ2v) is 9.72. The van der Waals surface area contributed by atoms with Crippen LogP contribution in [0.15, 0.2) is 47.4 Å². The number of nitrogens with one attached hydrogen (secondary N) is 2. The van der Waals surface area contributed by atoms with Crippen molar-refractivity contribution >= 4 is 15.9 Å². The van der Waals surface area contributed by atoms with Gasteiger partial charge in [0.2, 0.25) is 10.0 Å². The number of sulfonamides is 1. The number of carbonyl (C=O) groups is 1. The average molecular weight is 477 g/mol. The van der Waals surface area contributed by atoms with Crippen LogP contribution in [0.1, 0.15) is 37.7 Å². The van der Waals surface area contributed by atoms with Gasteiger partial charge in [-0.25, -0.2) is 13.1 Å². The predicted octanol–water partition coefficient (Wildman–Crippen LogP) is 3.05. The molecule has 1 amide bonds. The first-order valence-corrected chi connectivity index (χ1v) is 12.6. The summed E-state index contributed by atoms with van der Waals surface area (Å²) in [6.07, 6.45) is 5.65. The smallest absolute Gasteiger partial charge is 0.257 e. The SMILES string of the molecule is COc1ccc(CCNC(=O)COc2ccc(S(=O)(=O)NC3CCCCC3)cc2)cc1OC. The van der Waals surface area contributed by atoms with Crippen LogP contribution < -0.4 is 24.2 Å². The normalized spacial score (nSPS) is 14.5. The molecule has 0 atom stereocenters. The van der Waals surface area contributed by atoms with Crippen molar-refractivity contribution in [1.29, 1.82) is 0 Å². The van der Waals surface area contributed by atoms with Crippen LogP contribution in [-0.4, -0.2) is 47.7 Å². The van der Waals surface area contributed by atoms with Crippen LogP contribution in [0.4, 0.5) is 0 Å². The molecule has 1 aliphatic carbocycles. The Labute approximate surface area is 195 Å². The summed E-state index contributed by atoms with van der Waals surface area (Å²) in [5.74, 6) is 1.47. The van der Waals surface area contributed by atoms with Crippen molar-refractivity contribution in [1.82, 2.24) is 10.0 Å². The van der Waals surface area contributed by atoms with E-state index >= 15 is 0 Å². The highest BCUT2D eigenvalue weighted by molar-refractivity contribution is 7.89. The Bertz CT molecular complexity index is 1020. The first-order chi connectivity index (χ1) is 15.9. The Kier molecular flexibility index (Phi) is 8.96. The van der Waals surface area contributed by atoms with Gasteiger partial charge >= 0.3 is 0 Å². The number of methoxy groups -OCH3 is 2. The lowest BCUT2D eigenvalue weighted by atomic mass is 9.96. The van der Waals surface area contributed by atoms with Crippen LogP contribution in [0.2, 0.25) is 0 Å². The lowest BCUT2D eigenvalue weighted by Gasteiger charge is -2.22. The Balaban J connectivity index is 1.43. The van der Waals surface area contributed by atoms with Gasteiger partial charge in [-0.3, -0.25) is 4.79 Å². The first-order valence-electron chi connectivity index (χ1n) is 11.1. The fraction of sp³-hybridized carbons (Fsp3) is 0.458. The zero-order valence-electron chi connectivity index (χ0n) is 19.1. The van der Waals surface area contributed by atoms with Gasteiger partial charge in [0.1, 0.15) is 5.75 Å². The summed E-state index contributed by atoms with van der Waals surface area (Å²) in [6.45, 7) is 0.292. The van der Waals surface area contributed by atoms with Gasteiger partial charge in [0, 0.05) is 12.6 Å². The molecule has 1 fully saturated rings. The molecule has 0 unspecified atom stereocenters. The van der Waals surface area contributed by atoms with E-state index in [1.54, 1.807) is 26.4 Å². The van der Waals surface area contributed by atoms with Crippen molar-refractivity contribution in [3.63, 3.8) is 0 Å². The molecule has 0 radical (unpaired) electrons. The molecule has 0 bridgehead atoms. The minimum absolute atomic E-state index is 0.00220. The minimum atomic E-state index is -3.56. The van der Waals surface area contributed by atoms with Gasteiger partial charge in [-0.1, -0.05) is 25.3 Å². The molecule has 0 spiro atoms. The third kappa shape index (κ3) is 7.36. The van der Waals surface area contributed by atoms with Crippen molar-refractivity contribution in [3.05, 3.63) is 48.0 Å². The van der Waals surface area contributed by atoms with E-state index in [0.717, 1.165) is 37.7 Å². The van der Waals surface area contributed by atoms with Gasteiger partial charge < -0.3 is 19.5 Å². The summed E-state index contributed by atoms with van der Waals surface area (Å²) >= 11 is 0. The fourth-order valence-corrected chi connectivity index (χ4v) is 5.11. The number of hydrogen-bond donors (Lipinski definition) is 2. The van der Waals surface area contributed by atoms with Crippen molar-refractivity contribution in [2.24, 2.45) is 0 Å². The number of ether oxygens (including phenoxy) is 3. The lowest BCUT2D eigenvalue weighted by molar-refractivity contribution is -0.123. The summed E-state index contributed by atoms with van der Waals surface area (Å²) in [5, 5.41) is 2.81. The average Bonchev–Trinajstić information content (AvgIpc) is 2.83. The molecule has 0 aromatic heterocycles. The van der Waals surface area contributed by atoms with E-state index in [9.17, 15) is 13.2 Å². The molecular formula is C24H32N2O6S. The molecule has 2 aromatic rings. The number of carbonyl (C=O) groups excluding carboxylic acids is 1. The maximum absolute atomic E-state index is 12.6. The number of rotatable bonds is 11. The van der Waals surface area contributed by atoms with E-state index in [4.69, 9.17) is 14.2 Å². The Morgan fingerprint density at radius 2 is 1.67 bits per heavy atom. The molecule has 1 aliphatic rings. The van der Waals surface area contributed by atoms with E-state index in [1.165, 1.54) is 12.1 Å². The maximum atomic E-state index is 12.6. The topological polar surface area (TPSA) is 103 Å². The van der Waals surface area contributed by atoms with Crippen LogP contribution in [-0.2, 0) is 21.2 Å². The van der Waals surface area contributed by atoms with Gasteiger partial charge in [-0.05, 0) is 61.2 Å². The molecule has 8 nitrogen and oxygen atoms in total. The number of benzene rings is 2.